The molecule has 0 saturated heterocycles. The van der Waals surface area contributed by atoms with Gasteiger partial charge in [-0.1, -0.05) is 0 Å². The average Bonchev–Trinajstić information content (AvgIpc) is 0.722. The van der Waals surface area contributed by atoms with E-state index in [0.717, 1.165) is 0 Å². The van der Waals surface area contributed by atoms with E-state index in [0.29, 0.717) is 0 Å². The molecule has 45 valence electrons. The summed E-state index contributed by atoms with van der Waals surface area (Å²) in [6.07, 6.45) is 0. The van der Waals surface area contributed by atoms with Gasteiger partial charge in [-0.25, -0.2) is 0 Å². The van der Waals surface area contributed by atoms with Crippen molar-refractivity contribution in [2.45, 2.75) is 0 Å². The molecule has 0 unspecified atom stereocenters. The van der Waals surface area contributed by atoms with Gasteiger partial charge >= 0.3 is 0 Å². The van der Waals surface area contributed by atoms with Crippen molar-refractivity contribution in [1.82, 2.24) is 0 Å². The molecular formula is HClO4Tm. The normalized spacial score (nSPS) is 10.0. The molecule has 0 bridgehead atoms. The Bertz CT molecular complexity index is 23.0. The van der Waals surface area contributed by atoms with Crippen molar-refractivity contribution < 1.29 is 65.8 Å². The van der Waals surface area contributed by atoms with Crippen molar-refractivity contribution in [3.05, 3.63) is 0 Å². The van der Waals surface area contributed by atoms with Gasteiger partial charge in [-0.15, -0.1) is 0 Å². The van der Waals surface area contributed by atoms with E-state index in [1.54, 1.807) is 0 Å². The van der Waals surface area contributed by atoms with E-state index >= 15 is 0 Å². The second-order valence-electron chi connectivity index (χ2n) is 0.396. The van der Waals surface area contributed by atoms with E-state index < -0.39 is 10.2 Å². The molecule has 0 aliphatic heterocycles. The summed E-state index contributed by atoms with van der Waals surface area (Å²) in [5.74, 6) is 0. The summed E-state index contributed by atoms with van der Waals surface area (Å²) < 4.78 is 32.7. The van der Waals surface area contributed by atoms with Gasteiger partial charge in [0.05, 0.1) is 14.9 Å². The fourth-order valence-electron chi connectivity index (χ4n) is 0. The van der Waals surface area contributed by atoms with Crippen LogP contribution >= 0.6 is 0 Å². The number of hydrogen-bond acceptors (Lipinski definition) is 4. The summed E-state index contributed by atoms with van der Waals surface area (Å²) in [7, 11) is -4.69. The van der Waals surface area contributed by atoms with Gasteiger partial charge < -0.3 is 0 Å². The number of halogens is 1. The minimum atomic E-state index is -4.69. The fraction of sp³-hybridized carbons (Fsp3) is 0. The Morgan fingerprint density at radius 1 is 1.17 bits per heavy atom. The largest absolute Gasteiger partial charge is 0.183 e. The molecule has 0 rings (SSSR count). The molecular weight excluding hydrogens is 268 g/mol. The molecule has 0 heterocycles. The van der Waals surface area contributed by atoms with Gasteiger partial charge in [0, 0.05) is 36.9 Å². The van der Waals surface area contributed by atoms with E-state index in [4.69, 9.17) is 18.6 Å². The molecule has 6 heavy (non-hydrogen) atoms. The monoisotopic (exact) mass is 269 g/mol. The van der Waals surface area contributed by atoms with Gasteiger partial charge in [-0.3, -0.25) is 0 Å². The minimum absolute atomic E-state index is 0. The standard InChI is InChI=1S/ClHO4.Tm/c2-1(3,4)5;/h(H,2,3,4,5);. The first kappa shape index (κ1) is 10.4. The first-order valence-corrected chi connectivity index (χ1v) is 1.90. The minimum Gasteiger partial charge on any atom is -0.183 e. The Kier molecular flexibility index (Phi) is 5.83. The second-order valence-corrected chi connectivity index (χ2v) is 1.19. The van der Waals surface area contributed by atoms with E-state index in [1.165, 1.54) is 0 Å². The number of hydrogen-bond donors (Lipinski definition) is 1. The van der Waals surface area contributed by atoms with Crippen molar-refractivity contribution >= 4 is 0 Å². The molecule has 6 heteroatoms. The average molecular weight is 269 g/mol. The van der Waals surface area contributed by atoms with Gasteiger partial charge in [0.1, 0.15) is 0 Å². The van der Waals surface area contributed by atoms with Crippen LogP contribution in [0, 0.1) is 47.1 Å². The molecule has 0 spiro atoms. The second kappa shape index (κ2) is 3.38. The molecule has 0 amide bonds. The molecule has 0 aromatic carbocycles. The molecule has 0 fully saturated rings. The summed E-state index contributed by atoms with van der Waals surface area (Å²) in [6, 6.07) is 0. The maximum Gasteiger partial charge on any atom is 0.0777 e. The zero-order valence-electron chi connectivity index (χ0n) is 2.33. The third kappa shape index (κ3) is 54.9. The van der Waals surface area contributed by atoms with Crippen molar-refractivity contribution in [3.8, 4) is 0 Å². The molecule has 0 aliphatic rings. The quantitative estimate of drug-likeness (QED) is 0.484. The van der Waals surface area contributed by atoms with Crippen molar-refractivity contribution in [2.75, 3.05) is 0 Å². The molecule has 0 aromatic rings. The van der Waals surface area contributed by atoms with Gasteiger partial charge in [0.15, 0.2) is 0 Å². The summed E-state index contributed by atoms with van der Waals surface area (Å²) in [6.45, 7) is 0. The zero-order chi connectivity index (χ0) is 4.50. The van der Waals surface area contributed by atoms with E-state index in [1.807, 2.05) is 0 Å². The first-order chi connectivity index (χ1) is 2.00. The first-order valence-electron chi connectivity index (χ1n) is 0.632. The predicted octanol–water partition coefficient (Wildman–Crippen LogP) is -4.12. The molecule has 1 radical (unpaired) electrons. The van der Waals surface area contributed by atoms with Crippen LogP contribution in [0.15, 0.2) is 0 Å². The summed E-state index contributed by atoms with van der Waals surface area (Å²) >= 11 is 0. The molecule has 0 aromatic heterocycles. The third-order valence-electron chi connectivity index (χ3n) is 0. The fourth-order valence-corrected chi connectivity index (χ4v) is 0. The Balaban J connectivity index is 0. The van der Waals surface area contributed by atoms with Gasteiger partial charge in [0.25, 0.3) is 0 Å². The van der Waals surface area contributed by atoms with Crippen LogP contribution < -0.4 is 14.0 Å². The zero-order valence-corrected chi connectivity index (χ0v) is 4.86. The molecule has 1 N–H and O–H groups in total. The Morgan fingerprint density at radius 2 is 1.17 bits per heavy atom. The molecule has 0 saturated carbocycles. The van der Waals surface area contributed by atoms with Crippen molar-refractivity contribution in [3.63, 3.8) is 0 Å². The van der Waals surface area contributed by atoms with E-state index in [-0.39, 0.29) is 36.9 Å². The SMILES string of the molecule is [O-][Cl+3]([O-])([O-])O.[Tm]. The van der Waals surface area contributed by atoms with E-state index in [2.05, 4.69) is 0 Å². The summed E-state index contributed by atoms with van der Waals surface area (Å²) in [4.78, 5) is 0. The van der Waals surface area contributed by atoms with Crippen LogP contribution in [0.5, 0.6) is 0 Å². The Morgan fingerprint density at radius 3 is 1.17 bits per heavy atom. The van der Waals surface area contributed by atoms with E-state index in [9.17, 15) is 0 Å². The molecule has 4 nitrogen and oxygen atoms in total. The smallest absolute Gasteiger partial charge is 0.0777 e. The Labute approximate surface area is 65.3 Å². The topological polar surface area (TPSA) is 89.4 Å². The summed E-state index contributed by atoms with van der Waals surface area (Å²) in [5.41, 5.74) is 0. The maximum absolute atomic E-state index is 8.60. The van der Waals surface area contributed by atoms with Crippen LogP contribution in [0.4, 0.5) is 0 Å². The Hall–Kier alpha value is 1.36. The van der Waals surface area contributed by atoms with Gasteiger partial charge in [0.2, 0.25) is 0 Å². The van der Waals surface area contributed by atoms with Crippen LogP contribution in [-0.2, 0) is 0 Å². The number of rotatable bonds is 0. The summed E-state index contributed by atoms with van der Waals surface area (Å²) in [5, 5.41) is 0. The van der Waals surface area contributed by atoms with Crippen LogP contribution in [0.2, 0.25) is 0 Å². The molecule has 0 aliphatic carbocycles. The van der Waals surface area contributed by atoms with Crippen molar-refractivity contribution in [2.24, 2.45) is 0 Å². The maximum atomic E-state index is 8.60. The van der Waals surface area contributed by atoms with Gasteiger partial charge in [-0.2, -0.15) is 14.0 Å². The van der Waals surface area contributed by atoms with Crippen LogP contribution in [0.1, 0.15) is 0 Å². The van der Waals surface area contributed by atoms with Gasteiger partial charge in [-0.05, 0) is 0 Å². The van der Waals surface area contributed by atoms with Crippen LogP contribution in [0.3, 0.4) is 0 Å². The predicted molar refractivity (Wildman–Crippen MR) is 2.22 cm³/mol. The van der Waals surface area contributed by atoms with Crippen LogP contribution in [-0.4, -0.2) is 4.66 Å². The third-order valence-corrected chi connectivity index (χ3v) is 0. The molecule has 0 atom stereocenters. The van der Waals surface area contributed by atoms with Crippen LogP contribution in [0.25, 0.3) is 0 Å². The van der Waals surface area contributed by atoms with Crippen molar-refractivity contribution in [1.29, 1.82) is 0 Å².